The summed E-state index contributed by atoms with van der Waals surface area (Å²) >= 11 is 0. The first-order valence-corrected chi connectivity index (χ1v) is 19.0. The minimum absolute atomic E-state index is 0.232. The van der Waals surface area contributed by atoms with E-state index in [1.165, 1.54) is 19.3 Å². The number of hydrogen-bond acceptors (Lipinski definition) is 10. The van der Waals surface area contributed by atoms with Crippen molar-refractivity contribution in [3.8, 4) is 0 Å². The average molecular weight is 712 g/mol. The maximum Gasteiger partial charge on any atom is 0.249 e. The van der Waals surface area contributed by atoms with Crippen LogP contribution in [-0.4, -0.2) is 110 Å². The molecule has 290 valence electrons. The number of aliphatic hydroxyl groups excluding tert-OH is 7. The summed E-state index contributed by atoms with van der Waals surface area (Å²) in [7, 11) is 0. The van der Waals surface area contributed by atoms with E-state index < -0.39 is 74.2 Å². The van der Waals surface area contributed by atoms with Gasteiger partial charge >= 0.3 is 0 Å². The molecule has 0 radical (unpaired) electrons. The van der Waals surface area contributed by atoms with E-state index in [9.17, 15) is 40.5 Å². The van der Waals surface area contributed by atoms with Crippen LogP contribution in [-0.2, 0) is 14.3 Å². The van der Waals surface area contributed by atoms with Crippen LogP contribution in [0.25, 0.3) is 0 Å². The van der Waals surface area contributed by atoms with Gasteiger partial charge in [0, 0.05) is 0 Å². The van der Waals surface area contributed by atoms with Crippen LogP contribution in [0.2, 0.25) is 0 Å². The highest BCUT2D eigenvalue weighted by Crippen LogP contribution is 2.23. The lowest BCUT2D eigenvalue weighted by Gasteiger charge is -2.40. The van der Waals surface area contributed by atoms with Crippen LogP contribution < -0.4 is 5.32 Å². The molecular weight excluding hydrogens is 642 g/mol. The Morgan fingerprint density at radius 1 is 0.720 bits per heavy atom. The molecule has 0 saturated carbocycles. The third-order valence-electron chi connectivity index (χ3n) is 8.90. The van der Waals surface area contributed by atoms with Crippen LogP contribution in [0, 0.1) is 0 Å². The zero-order valence-electron chi connectivity index (χ0n) is 30.6. The Labute approximate surface area is 300 Å². The van der Waals surface area contributed by atoms with Crippen molar-refractivity contribution in [1.82, 2.24) is 5.32 Å². The van der Waals surface area contributed by atoms with Gasteiger partial charge in [-0.05, 0) is 84.0 Å². The molecule has 0 aromatic heterocycles. The molecule has 11 nitrogen and oxygen atoms in total. The van der Waals surface area contributed by atoms with Crippen LogP contribution in [0.3, 0.4) is 0 Å². The van der Waals surface area contributed by atoms with Gasteiger partial charge < -0.3 is 50.5 Å². The van der Waals surface area contributed by atoms with Crippen LogP contribution in [0.1, 0.15) is 123 Å². The standard InChI is InChI=1S/C39H69NO10/c1-3-5-7-9-11-13-15-17-18-20-22-24-26-31(42)34(44)30(29-49-39-37(47)36(46)35(45)33(28-41)50-39)40-38(48)32(43)27-25-23-21-19-16-14-12-10-8-6-4-2/h3,5,11-14,18,20,30-37,39,41-47H,4,6-10,15-17,19,21-29H2,1-2H3,(H,40,48)/b5-3+,13-11+,14-12-,20-18+. The fourth-order valence-corrected chi connectivity index (χ4v) is 5.65. The fraction of sp³-hybridized carbons (Fsp3) is 0.769. The second-order valence-corrected chi connectivity index (χ2v) is 13.3. The highest BCUT2D eigenvalue weighted by molar-refractivity contribution is 5.80. The first-order chi connectivity index (χ1) is 24.2. The average Bonchev–Trinajstić information content (AvgIpc) is 3.11. The predicted molar refractivity (Wildman–Crippen MR) is 196 cm³/mol. The summed E-state index contributed by atoms with van der Waals surface area (Å²) in [5.74, 6) is -0.729. The number of nitrogens with one attached hydrogen (secondary N) is 1. The van der Waals surface area contributed by atoms with E-state index in [0.717, 1.165) is 57.8 Å². The van der Waals surface area contributed by atoms with Gasteiger partial charge in [0.2, 0.25) is 5.91 Å². The van der Waals surface area contributed by atoms with E-state index in [1.807, 2.05) is 19.1 Å². The third kappa shape index (κ3) is 20.2. The fourth-order valence-electron chi connectivity index (χ4n) is 5.65. The number of unbranched alkanes of at least 4 members (excludes halogenated alkanes) is 10. The molecule has 9 unspecified atom stereocenters. The quantitative estimate of drug-likeness (QED) is 0.0411. The Hall–Kier alpha value is -1.93. The summed E-state index contributed by atoms with van der Waals surface area (Å²) < 4.78 is 11.0. The van der Waals surface area contributed by atoms with Crippen LogP contribution in [0.5, 0.6) is 0 Å². The van der Waals surface area contributed by atoms with Crippen LogP contribution in [0.15, 0.2) is 48.6 Å². The molecular formula is C39H69NO10. The smallest absolute Gasteiger partial charge is 0.249 e. The Morgan fingerprint density at radius 3 is 1.88 bits per heavy atom. The lowest BCUT2D eigenvalue weighted by atomic mass is 9.98. The van der Waals surface area contributed by atoms with Gasteiger partial charge in [-0.3, -0.25) is 4.79 Å². The number of carbonyl (C=O) groups is 1. The minimum atomic E-state index is -1.67. The van der Waals surface area contributed by atoms with Gasteiger partial charge in [-0.15, -0.1) is 0 Å². The van der Waals surface area contributed by atoms with Gasteiger partial charge in [-0.2, -0.15) is 0 Å². The number of carbonyl (C=O) groups excluding carboxylic acids is 1. The lowest BCUT2D eigenvalue weighted by molar-refractivity contribution is -0.303. The maximum atomic E-state index is 13.0. The SMILES string of the molecule is C/C=C/CC/C=C/CC/C=C/CCCC(O)C(O)C(COC1OC(CO)C(O)C(O)C1O)NC(=O)C(O)CCCCCC/C=C\CCCCC. The molecule has 0 aromatic carbocycles. The molecule has 1 aliphatic heterocycles. The molecule has 11 heteroatoms. The first kappa shape index (κ1) is 46.1. The van der Waals surface area contributed by atoms with Crippen molar-refractivity contribution in [3.05, 3.63) is 48.6 Å². The third-order valence-corrected chi connectivity index (χ3v) is 8.90. The monoisotopic (exact) mass is 711 g/mol. The molecule has 1 saturated heterocycles. The predicted octanol–water partition coefficient (Wildman–Crippen LogP) is 4.27. The van der Waals surface area contributed by atoms with Gasteiger partial charge in [-0.1, -0.05) is 87.6 Å². The molecule has 1 fully saturated rings. The molecule has 1 rings (SSSR count). The van der Waals surface area contributed by atoms with Gasteiger partial charge in [0.05, 0.1) is 25.4 Å². The van der Waals surface area contributed by atoms with E-state index in [1.54, 1.807) is 0 Å². The summed E-state index contributed by atoms with van der Waals surface area (Å²) in [4.78, 5) is 13.0. The topological polar surface area (TPSA) is 189 Å². The van der Waals surface area contributed by atoms with E-state index in [2.05, 4.69) is 48.7 Å². The molecule has 1 amide bonds. The maximum absolute atomic E-state index is 13.0. The van der Waals surface area contributed by atoms with Crippen molar-refractivity contribution in [2.75, 3.05) is 13.2 Å². The molecule has 0 bridgehead atoms. The zero-order chi connectivity index (χ0) is 37.0. The number of aliphatic hydroxyl groups is 7. The van der Waals surface area contributed by atoms with E-state index in [4.69, 9.17) is 9.47 Å². The summed E-state index contributed by atoms with van der Waals surface area (Å²) in [6.07, 6.45) is 20.5. The van der Waals surface area contributed by atoms with Gasteiger partial charge in [-0.25, -0.2) is 0 Å². The van der Waals surface area contributed by atoms with Crippen molar-refractivity contribution >= 4 is 5.91 Å². The lowest BCUT2D eigenvalue weighted by Crippen LogP contribution is -2.60. The molecule has 50 heavy (non-hydrogen) atoms. The van der Waals surface area contributed by atoms with Crippen LogP contribution >= 0.6 is 0 Å². The van der Waals surface area contributed by atoms with Crippen molar-refractivity contribution in [2.24, 2.45) is 0 Å². The summed E-state index contributed by atoms with van der Waals surface area (Å²) in [6, 6.07) is -1.20. The number of hydrogen-bond donors (Lipinski definition) is 8. The van der Waals surface area contributed by atoms with Crippen molar-refractivity contribution < 1.29 is 50.0 Å². The molecule has 1 heterocycles. The Bertz CT molecular complexity index is 955. The van der Waals surface area contributed by atoms with Gasteiger partial charge in [0.25, 0.3) is 0 Å². The van der Waals surface area contributed by atoms with Crippen molar-refractivity contribution in [2.45, 2.75) is 178 Å². The number of allylic oxidation sites excluding steroid dienone is 8. The minimum Gasteiger partial charge on any atom is -0.394 e. The summed E-state index contributed by atoms with van der Waals surface area (Å²) in [5, 5.41) is 75.0. The van der Waals surface area contributed by atoms with Crippen LogP contribution in [0.4, 0.5) is 0 Å². The second-order valence-electron chi connectivity index (χ2n) is 13.3. The van der Waals surface area contributed by atoms with E-state index >= 15 is 0 Å². The molecule has 0 aliphatic carbocycles. The highest BCUT2D eigenvalue weighted by Gasteiger charge is 2.44. The molecule has 1 aliphatic rings. The zero-order valence-corrected chi connectivity index (χ0v) is 30.6. The molecule has 8 N–H and O–H groups in total. The van der Waals surface area contributed by atoms with Gasteiger partial charge in [0.1, 0.15) is 36.6 Å². The Kier molecular flexibility index (Phi) is 27.3. The molecule has 0 aromatic rings. The van der Waals surface area contributed by atoms with E-state index in [-0.39, 0.29) is 12.8 Å². The van der Waals surface area contributed by atoms with E-state index in [0.29, 0.717) is 19.3 Å². The largest absolute Gasteiger partial charge is 0.394 e. The van der Waals surface area contributed by atoms with Crippen molar-refractivity contribution in [1.29, 1.82) is 0 Å². The highest BCUT2D eigenvalue weighted by atomic mass is 16.7. The first-order valence-electron chi connectivity index (χ1n) is 19.0. The Balaban J connectivity index is 2.63. The normalized spacial score (nSPS) is 24.1. The van der Waals surface area contributed by atoms with Crippen molar-refractivity contribution in [3.63, 3.8) is 0 Å². The summed E-state index contributed by atoms with van der Waals surface area (Å²) in [6.45, 7) is 3.11. The Morgan fingerprint density at radius 2 is 1.28 bits per heavy atom. The second kappa shape index (κ2) is 29.6. The van der Waals surface area contributed by atoms with Gasteiger partial charge in [0.15, 0.2) is 6.29 Å². The molecule has 0 spiro atoms. The number of ether oxygens (including phenoxy) is 2. The summed E-state index contributed by atoms with van der Waals surface area (Å²) in [5.41, 5.74) is 0. The number of amides is 1. The molecule has 9 atom stereocenters. The number of rotatable bonds is 29.